The maximum Gasteiger partial charge on any atom is 0.293 e. The fraction of sp³-hybridized carbons (Fsp3) is 0.100. The van der Waals surface area contributed by atoms with Crippen LogP contribution >= 0.6 is 11.8 Å². The average Bonchev–Trinajstić information content (AvgIpc) is 3.57. The van der Waals surface area contributed by atoms with Crippen LogP contribution in [0, 0.1) is 0 Å². The van der Waals surface area contributed by atoms with E-state index in [-0.39, 0.29) is 23.1 Å². The van der Waals surface area contributed by atoms with Gasteiger partial charge in [0.25, 0.3) is 5.91 Å². The average molecular weight is 475 g/mol. The standard InChI is InChI=1S/C20H17N11O2S/c1-30-11-23-26-20(30)34-10-15-16(24-29-31(15)18-17(21)27-33-28-18)19(32)25-22-9-13-7-4-6-12-5-2-3-8-14(12)13/h2-9,11H,10H2,1H3,(H2,21,27)(H,25,32)/b22-9+. The Bertz CT molecular complexity index is 1500. The van der Waals surface area contributed by atoms with Crippen LogP contribution in [-0.2, 0) is 12.8 Å². The maximum atomic E-state index is 12.9. The number of amides is 1. The quantitative estimate of drug-likeness (QED) is 0.200. The lowest BCUT2D eigenvalue weighted by Crippen LogP contribution is -2.20. The number of nitrogen functional groups attached to an aromatic ring is 1. The van der Waals surface area contributed by atoms with Gasteiger partial charge in [-0.15, -0.1) is 15.3 Å². The highest BCUT2D eigenvalue weighted by Gasteiger charge is 2.24. The molecule has 2 aromatic carbocycles. The van der Waals surface area contributed by atoms with Crippen LogP contribution in [0.25, 0.3) is 16.6 Å². The summed E-state index contributed by atoms with van der Waals surface area (Å²) in [5.74, 6) is -0.150. The predicted molar refractivity (Wildman–Crippen MR) is 123 cm³/mol. The molecule has 0 radical (unpaired) electrons. The number of fused-ring (bicyclic) bond motifs is 1. The number of nitrogens with two attached hydrogens (primary N) is 1. The second-order valence-corrected chi connectivity index (χ2v) is 7.99. The van der Waals surface area contributed by atoms with Crippen molar-refractivity contribution in [2.45, 2.75) is 10.9 Å². The fourth-order valence-corrected chi connectivity index (χ4v) is 4.11. The number of aromatic nitrogens is 8. The van der Waals surface area contributed by atoms with Gasteiger partial charge < -0.3 is 10.3 Å². The van der Waals surface area contributed by atoms with Crippen LogP contribution in [-0.4, -0.2) is 52.2 Å². The van der Waals surface area contributed by atoms with Crippen molar-refractivity contribution < 1.29 is 9.42 Å². The van der Waals surface area contributed by atoms with Gasteiger partial charge in [0, 0.05) is 18.4 Å². The number of aryl methyl sites for hydroxylation is 1. The van der Waals surface area contributed by atoms with E-state index in [1.54, 1.807) is 17.1 Å². The molecule has 170 valence electrons. The molecule has 0 aliphatic carbocycles. The molecule has 0 unspecified atom stereocenters. The lowest BCUT2D eigenvalue weighted by atomic mass is 10.1. The van der Waals surface area contributed by atoms with Gasteiger partial charge in [0.05, 0.1) is 11.9 Å². The van der Waals surface area contributed by atoms with Crippen LogP contribution < -0.4 is 11.2 Å². The summed E-state index contributed by atoms with van der Waals surface area (Å²) in [7, 11) is 1.81. The van der Waals surface area contributed by atoms with Crippen LogP contribution in [0.1, 0.15) is 21.7 Å². The van der Waals surface area contributed by atoms with Crippen molar-refractivity contribution in [3.05, 3.63) is 65.7 Å². The molecule has 34 heavy (non-hydrogen) atoms. The van der Waals surface area contributed by atoms with E-state index in [2.05, 4.69) is 46.0 Å². The van der Waals surface area contributed by atoms with Gasteiger partial charge in [-0.1, -0.05) is 59.4 Å². The third-order valence-corrected chi connectivity index (χ3v) is 5.92. The van der Waals surface area contributed by atoms with E-state index in [1.807, 2.05) is 49.5 Å². The van der Waals surface area contributed by atoms with Crippen molar-refractivity contribution in [2.24, 2.45) is 12.1 Å². The molecule has 3 aromatic heterocycles. The highest BCUT2D eigenvalue weighted by atomic mass is 32.2. The van der Waals surface area contributed by atoms with Crippen LogP contribution in [0.4, 0.5) is 5.82 Å². The Labute approximate surface area is 196 Å². The van der Waals surface area contributed by atoms with Crippen molar-refractivity contribution in [1.29, 1.82) is 0 Å². The second-order valence-electron chi connectivity index (χ2n) is 7.05. The van der Waals surface area contributed by atoms with Crippen LogP contribution in [0.15, 0.2) is 63.7 Å². The monoisotopic (exact) mass is 475 g/mol. The molecule has 0 spiro atoms. The Morgan fingerprint density at radius 3 is 2.85 bits per heavy atom. The number of anilines is 1. The molecule has 0 fully saturated rings. The first-order valence-corrected chi connectivity index (χ1v) is 10.9. The lowest BCUT2D eigenvalue weighted by Gasteiger charge is -2.05. The summed E-state index contributed by atoms with van der Waals surface area (Å²) >= 11 is 1.33. The van der Waals surface area contributed by atoms with Gasteiger partial charge in [0.2, 0.25) is 11.6 Å². The first-order valence-electron chi connectivity index (χ1n) is 9.93. The van der Waals surface area contributed by atoms with Gasteiger partial charge in [-0.05, 0) is 21.1 Å². The van der Waals surface area contributed by atoms with Gasteiger partial charge in [-0.25, -0.2) is 10.1 Å². The molecule has 0 atom stereocenters. The zero-order valence-electron chi connectivity index (χ0n) is 17.7. The Morgan fingerprint density at radius 1 is 1.21 bits per heavy atom. The molecule has 1 amide bonds. The smallest absolute Gasteiger partial charge is 0.293 e. The van der Waals surface area contributed by atoms with Gasteiger partial charge in [0.1, 0.15) is 6.33 Å². The minimum atomic E-state index is -0.550. The molecule has 3 N–H and O–H groups in total. The van der Waals surface area contributed by atoms with E-state index in [0.717, 1.165) is 16.3 Å². The van der Waals surface area contributed by atoms with Gasteiger partial charge in [-0.2, -0.15) is 9.78 Å². The molecule has 5 aromatic rings. The van der Waals surface area contributed by atoms with E-state index < -0.39 is 5.91 Å². The zero-order chi connectivity index (χ0) is 23.5. The van der Waals surface area contributed by atoms with E-state index in [9.17, 15) is 4.79 Å². The summed E-state index contributed by atoms with van der Waals surface area (Å²) in [4.78, 5) is 12.9. The SMILES string of the molecule is Cn1cnnc1SCc1c(C(=O)N/N=C/c2cccc3ccccc23)nnn1-c1nonc1N. The van der Waals surface area contributed by atoms with E-state index in [4.69, 9.17) is 5.73 Å². The lowest BCUT2D eigenvalue weighted by molar-refractivity contribution is 0.0949. The van der Waals surface area contributed by atoms with Crippen molar-refractivity contribution in [1.82, 2.24) is 45.5 Å². The molecule has 0 saturated heterocycles. The Kier molecular flexibility index (Phi) is 5.70. The Morgan fingerprint density at radius 2 is 2.06 bits per heavy atom. The molecule has 14 heteroatoms. The Hall–Kier alpha value is -4.59. The normalized spacial score (nSPS) is 11.4. The number of carbonyl (C=O) groups is 1. The summed E-state index contributed by atoms with van der Waals surface area (Å²) in [5, 5.41) is 30.1. The highest BCUT2D eigenvalue weighted by molar-refractivity contribution is 7.98. The second kappa shape index (κ2) is 9.11. The number of hydrazone groups is 1. The highest BCUT2D eigenvalue weighted by Crippen LogP contribution is 2.24. The number of hydrogen-bond donors (Lipinski definition) is 2. The van der Waals surface area contributed by atoms with E-state index in [0.29, 0.717) is 10.9 Å². The van der Waals surface area contributed by atoms with Crippen LogP contribution in [0.3, 0.4) is 0 Å². The van der Waals surface area contributed by atoms with Crippen molar-refractivity contribution in [3.8, 4) is 5.82 Å². The van der Waals surface area contributed by atoms with Crippen LogP contribution in [0.2, 0.25) is 0 Å². The number of rotatable bonds is 7. The van der Waals surface area contributed by atoms with Crippen molar-refractivity contribution >= 4 is 40.5 Å². The molecular weight excluding hydrogens is 458 g/mol. The molecule has 5 rings (SSSR count). The summed E-state index contributed by atoms with van der Waals surface area (Å²) < 4.78 is 7.73. The molecule has 0 saturated carbocycles. The Balaban J connectivity index is 1.41. The summed E-state index contributed by atoms with van der Waals surface area (Å²) in [6, 6.07) is 13.8. The number of nitrogens with one attached hydrogen (secondary N) is 1. The summed E-state index contributed by atoms with van der Waals surface area (Å²) in [6.07, 6.45) is 3.16. The topological polar surface area (TPSA) is 168 Å². The largest absolute Gasteiger partial charge is 0.378 e. The first kappa shape index (κ1) is 21.3. The minimum absolute atomic E-state index is 0.00995. The predicted octanol–water partition coefficient (Wildman–Crippen LogP) is 1.57. The van der Waals surface area contributed by atoms with Gasteiger partial charge in [0.15, 0.2) is 10.9 Å². The third-order valence-electron chi connectivity index (χ3n) is 4.88. The van der Waals surface area contributed by atoms with Crippen molar-refractivity contribution in [3.63, 3.8) is 0 Å². The van der Waals surface area contributed by atoms with E-state index in [1.165, 1.54) is 16.4 Å². The zero-order valence-corrected chi connectivity index (χ0v) is 18.5. The number of carbonyl (C=O) groups excluding carboxylic acids is 1. The third kappa shape index (κ3) is 4.09. The molecule has 13 nitrogen and oxygen atoms in total. The molecular formula is C20H17N11O2S. The summed E-state index contributed by atoms with van der Waals surface area (Å²) in [5.41, 5.74) is 9.65. The molecule has 3 heterocycles. The van der Waals surface area contributed by atoms with Crippen molar-refractivity contribution in [2.75, 3.05) is 5.73 Å². The number of hydrogen-bond acceptors (Lipinski definition) is 11. The number of benzene rings is 2. The fourth-order valence-electron chi connectivity index (χ4n) is 3.23. The minimum Gasteiger partial charge on any atom is -0.378 e. The number of nitrogens with zero attached hydrogens (tertiary/aromatic N) is 9. The first-order chi connectivity index (χ1) is 16.6. The van der Waals surface area contributed by atoms with Gasteiger partial charge >= 0.3 is 0 Å². The molecule has 0 bridgehead atoms. The van der Waals surface area contributed by atoms with E-state index >= 15 is 0 Å². The molecule has 0 aliphatic heterocycles. The van der Waals surface area contributed by atoms with Crippen LogP contribution in [0.5, 0.6) is 0 Å². The number of thioether (sulfide) groups is 1. The summed E-state index contributed by atoms with van der Waals surface area (Å²) in [6.45, 7) is 0. The molecule has 0 aliphatic rings. The van der Waals surface area contributed by atoms with Gasteiger partial charge in [-0.3, -0.25) is 4.79 Å². The maximum absolute atomic E-state index is 12.9.